The van der Waals surface area contributed by atoms with Crippen molar-refractivity contribution in [3.63, 3.8) is 0 Å². The van der Waals surface area contributed by atoms with Gasteiger partial charge in [0.1, 0.15) is 0 Å². The molecular formula is C5H5BrN2O2S2. The van der Waals surface area contributed by atoms with Crippen LogP contribution in [0.3, 0.4) is 0 Å². The summed E-state index contributed by atoms with van der Waals surface area (Å²) in [4.78, 5) is 21.9. The molecule has 0 aliphatic carbocycles. The van der Waals surface area contributed by atoms with Gasteiger partial charge in [0.2, 0.25) is 5.91 Å². The van der Waals surface area contributed by atoms with Crippen molar-refractivity contribution in [1.82, 2.24) is 10.4 Å². The Morgan fingerprint density at radius 3 is 2.92 bits per heavy atom. The first kappa shape index (κ1) is 9.94. The predicted octanol–water partition coefficient (Wildman–Crippen LogP) is 0.273. The Labute approximate surface area is 87.1 Å². The summed E-state index contributed by atoms with van der Waals surface area (Å²) in [6.07, 6.45) is 0. The van der Waals surface area contributed by atoms with E-state index in [1.54, 1.807) is 0 Å². The monoisotopic (exact) mass is 268 g/mol. The molecule has 1 aliphatic heterocycles. The van der Waals surface area contributed by atoms with Gasteiger partial charge in [-0.25, -0.2) is 5.01 Å². The second kappa shape index (κ2) is 4.20. The molecule has 0 aromatic rings. The molecule has 0 aromatic heterocycles. The maximum Gasteiger partial charge on any atom is 0.257 e. The first-order valence-corrected chi connectivity index (χ1v) is 5.52. The molecule has 0 saturated carbocycles. The highest BCUT2D eigenvalue weighted by atomic mass is 79.9. The Kier molecular flexibility index (Phi) is 3.48. The van der Waals surface area contributed by atoms with Crippen LogP contribution in [0.25, 0.3) is 0 Å². The third-order valence-corrected chi connectivity index (χ3v) is 2.98. The number of alkyl halides is 1. The first-order chi connectivity index (χ1) is 5.65. The summed E-state index contributed by atoms with van der Waals surface area (Å²) in [6.45, 7) is 0. The van der Waals surface area contributed by atoms with Crippen LogP contribution in [-0.2, 0) is 9.59 Å². The second-order valence-corrected chi connectivity index (χ2v) is 4.12. The molecule has 66 valence electrons. The summed E-state index contributed by atoms with van der Waals surface area (Å²) in [5, 5.41) is 1.26. The minimum atomic E-state index is -0.284. The highest BCUT2D eigenvalue weighted by Gasteiger charge is 2.27. The molecule has 4 nitrogen and oxygen atoms in total. The summed E-state index contributed by atoms with van der Waals surface area (Å²) in [5.74, 6) is -0.158. The smallest absolute Gasteiger partial charge is 0.257 e. The van der Waals surface area contributed by atoms with E-state index < -0.39 is 0 Å². The Bertz CT molecular complexity index is 230. The topological polar surface area (TPSA) is 49.4 Å². The van der Waals surface area contributed by atoms with Gasteiger partial charge >= 0.3 is 0 Å². The number of nitrogens with one attached hydrogen (secondary N) is 1. The van der Waals surface area contributed by atoms with Gasteiger partial charge in [-0.05, 0) is 0 Å². The van der Waals surface area contributed by atoms with Crippen LogP contribution in [0.1, 0.15) is 0 Å². The van der Waals surface area contributed by atoms with Crippen molar-refractivity contribution in [2.75, 3.05) is 11.1 Å². The van der Waals surface area contributed by atoms with Gasteiger partial charge in [0.05, 0.1) is 11.1 Å². The molecule has 12 heavy (non-hydrogen) atoms. The van der Waals surface area contributed by atoms with Gasteiger partial charge in [-0.1, -0.05) is 39.9 Å². The Balaban J connectivity index is 2.56. The largest absolute Gasteiger partial charge is 0.272 e. The van der Waals surface area contributed by atoms with E-state index in [2.05, 4.69) is 21.4 Å². The van der Waals surface area contributed by atoms with Crippen molar-refractivity contribution >= 4 is 56.0 Å². The zero-order chi connectivity index (χ0) is 9.14. The summed E-state index contributed by atoms with van der Waals surface area (Å²) in [7, 11) is 0. The van der Waals surface area contributed by atoms with Gasteiger partial charge in [0.25, 0.3) is 5.91 Å². The minimum absolute atomic E-state index is 0.157. The average Bonchev–Trinajstić information content (AvgIpc) is 2.35. The van der Waals surface area contributed by atoms with Gasteiger partial charge in [0, 0.05) is 0 Å². The Hall–Kier alpha value is -0.140. The molecule has 1 heterocycles. The van der Waals surface area contributed by atoms with Crippen LogP contribution < -0.4 is 5.43 Å². The molecule has 1 N–H and O–H groups in total. The van der Waals surface area contributed by atoms with E-state index in [1.807, 2.05) is 0 Å². The van der Waals surface area contributed by atoms with Crippen molar-refractivity contribution < 1.29 is 9.59 Å². The lowest BCUT2D eigenvalue weighted by molar-refractivity contribution is -0.132. The number of amides is 2. The number of carbonyl (C=O) groups is 2. The van der Waals surface area contributed by atoms with Crippen molar-refractivity contribution in [3.8, 4) is 0 Å². The van der Waals surface area contributed by atoms with Crippen LogP contribution in [0.15, 0.2) is 0 Å². The molecule has 2 amide bonds. The number of hydrazine groups is 1. The summed E-state index contributed by atoms with van der Waals surface area (Å²) >= 11 is 9.03. The van der Waals surface area contributed by atoms with Gasteiger partial charge in [-0.2, -0.15) is 0 Å². The van der Waals surface area contributed by atoms with Gasteiger partial charge in [-0.3, -0.25) is 15.0 Å². The summed E-state index contributed by atoms with van der Waals surface area (Å²) in [5.41, 5.74) is 2.36. The number of thiocarbonyl (C=S) groups is 1. The lowest BCUT2D eigenvalue weighted by atomic mass is 10.7. The van der Waals surface area contributed by atoms with Crippen molar-refractivity contribution in [3.05, 3.63) is 0 Å². The lowest BCUT2D eigenvalue weighted by Crippen LogP contribution is -2.45. The third kappa shape index (κ3) is 2.18. The van der Waals surface area contributed by atoms with E-state index in [9.17, 15) is 9.59 Å². The first-order valence-electron chi connectivity index (χ1n) is 3.00. The molecular weight excluding hydrogens is 264 g/mol. The Morgan fingerprint density at radius 2 is 2.50 bits per heavy atom. The van der Waals surface area contributed by atoms with Crippen molar-refractivity contribution in [2.24, 2.45) is 0 Å². The minimum Gasteiger partial charge on any atom is -0.272 e. The van der Waals surface area contributed by atoms with Crippen LogP contribution in [0.5, 0.6) is 0 Å². The van der Waals surface area contributed by atoms with Crippen molar-refractivity contribution in [2.45, 2.75) is 0 Å². The van der Waals surface area contributed by atoms with E-state index in [-0.39, 0.29) is 17.1 Å². The van der Waals surface area contributed by atoms with Crippen LogP contribution >= 0.6 is 39.9 Å². The van der Waals surface area contributed by atoms with E-state index in [4.69, 9.17) is 12.2 Å². The van der Waals surface area contributed by atoms with Crippen LogP contribution in [0.4, 0.5) is 0 Å². The molecule has 1 aliphatic rings. The van der Waals surface area contributed by atoms with E-state index in [0.29, 0.717) is 10.1 Å². The number of carbonyl (C=O) groups excluding carboxylic acids is 2. The molecule has 1 rings (SSSR count). The third-order valence-electron chi connectivity index (χ3n) is 1.11. The molecule has 7 heteroatoms. The molecule has 0 unspecified atom stereocenters. The number of hydrogen-bond donors (Lipinski definition) is 1. The quantitative estimate of drug-likeness (QED) is 0.577. The fourth-order valence-corrected chi connectivity index (χ4v) is 1.72. The highest BCUT2D eigenvalue weighted by Crippen LogP contribution is 2.16. The second-order valence-electron chi connectivity index (χ2n) is 1.95. The van der Waals surface area contributed by atoms with Crippen LogP contribution in [-0.4, -0.2) is 32.2 Å². The zero-order valence-electron chi connectivity index (χ0n) is 5.87. The van der Waals surface area contributed by atoms with E-state index in [0.717, 1.165) is 5.01 Å². The van der Waals surface area contributed by atoms with Gasteiger partial charge in [-0.15, -0.1) is 0 Å². The molecule has 0 aromatic carbocycles. The maximum atomic E-state index is 11.0. The van der Waals surface area contributed by atoms with Gasteiger partial charge < -0.3 is 0 Å². The normalized spacial score (nSPS) is 16.9. The molecule has 0 radical (unpaired) electrons. The van der Waals surface area contributed by atoms with Gasteiger partial charge in [0.15, 0.2) is 4.32 Å². The Morgan fingerprint density at radius 1 is 1.83 bits per heavy atom. The van der Waals surface area contributed by atoms with Crippen LogP contribution in [0, 0.1) is 0 Å². The number of hydrogen-bond acceptors (Lipinski definition) is 4. The van der Waals surface area contributed by atoms with Crippen molar-refractivity contribution in [1.29, 1.82) is 0 Å². The fraction of sp³-hybridized carbons (Fsp3) is 0.400. The standard InChI is InChI=1S/C5H5BrN2O2S2/c6-1-3(9)7-8-4(10)2-12-5(8)11/h1-2H2,(H,7,9). The SMILES string of the molecule is O=C(CBr)NN1C(=O)CSC1=S. The number of rotatable bonds is 2. The molecule has 0 bridgehead atoms. The molecule has 0 spiro atoms. The number of halogens is 1. The summed E-state index contributed by atoms with van der Waals surface area (Å²) < 4.78 is 0.398. The van der Waals surface area contributed by atoms with E-state index >= 15 is 0 Å². The number of nitrogens with zero attached hydrogens (tertiary/aromatic N) is 1. The predicted molar refractivity (Wildman–Crippen MR) is 53.8 cm³/mol. The highest BCUT2D eigenvalue weighted by molar-refractivity contribution is 9.09. The zero-order valence-corrected chi connectivity index (χ0v) is 9.09. The molecule has 1 fully saturated rings. The summed E-state index contributed by atoms with van der Waals surface area (Å²) in [6, 6.07) is 0. The molecule has 0 atom stereocenters. The maximum absolute atomic E-state index is 11.0. The van der Waals surface area contributed by atoms with E-state index in [1.165, 1.54) is 11.8 Å². The average molecular weight is 269 g/mol. The fourth-order valence-electron chi connectivity index (χ4n) is 0.617. The van der Waals surface area contributed by atoms with Crippen LogP contribution in [0.2, 0.25) is 0 Å². The lowest BCUT2D eigenvalue weighted by Gasteiger charge is -2.14. The number of thioether (sulfide) groups is 1. The molecule has 1 saturated heterocycles.